The van der Waals surface area contributed by atoms with Crippen LogP contribution < -0.4 is 0 Å². The predicted octanol–water partition coefficient (Wildman–Crippen LogP) is 3.64. The Kier molecular flexibility index (Phi) is 4.88. The lowest BCUT2D eigenvalue weighted by Gasteiger charge is -2.46. The highest BCUT2D eigenvalue weighted by Gasteiger charge is 2.41. The van der Waals surface area contributed by atoms with Gasteiger partial charge in [0, 0.05) is 25.6 Å². The minimum atomic E-state index is 0.117. The molecule has 1 aliphatic rings. The summed E-state index contributed by atoms with van der Waals surface area (Å²) < 4.78 is 5.69. The van der Waals surface area contributed by atoms with Crippen molar-refractivity contribution in [2.45, 2.75) is 43.7 Å². The number of alkyl halides is 1. The highest BCUT2D eigenvalue weighted by atomic mass is 35.5. The van der Waals surface area contributed by atoms with Crippen LogP contribution >= 0.6 is 11.6 Å². The normalized spacial score (nSPS) is 22.9. The first-order valence-corrected chi connectivity index (χ1v) is 7.50. The van der Waals surface area contributed by atoms with Gasteiger partial charge in [0.2, 0.25) is 0 Å². The van der Waals surface area contributed by atoms with Crippen LogP contribution in [0.1, 0.15) is 32.3 Å². The summed E-state index contributed by atoms with van der Waals surface area (Å²) in [5.74, 6) is 0. The van der Waals surface area contributed by atoms with Crippen LogP contribution in [0.3, 0.4) is 0 Å². The Balaban J connectivity index is 2.24. The van der Waals surface area contributed by atoms with Crippen molar-refractivity contribution in [3.05, 3.63) is 35.9 Å². The Labute approximate surface area is 121 Å². The summed E-state index contributed by atoms with van der Waals surface area (Å²) in [7, 11) is 1.81. The number of halogens is 1. The van der Waals surface area contributed by atoms with Gasteiger partial charge in [0.25, 0.3) is 0 Å². The molecular weight excluding hydrogens is 258 g/mol. The standard InChI is InChI=1S/C16H24ClNO/c1-13(19-3)16(15-7-5-4-6-8-15)9-11-18(12-10-16)14(2)17/h4-8,13-14H,9-12H2,1-3H3. The lowest BCUT2D eigenvalue weighted by Crippen LogP contribution is -2.50. The van der Waals surface area contributed by atoms with Gasteiger partial charge in [0.1, 0.15) is 0 Å². The Morgan fingerprint density at radius 1 is 1.16 bits per heavy atom. The molecule has 0 aliphatic carbocycles. The number of rotatable bonds is 4. The summed E-state index contributed by atoms with van der Waals surface area (Å²) in [6.45, 7) is 6.31. The summed E-state index contributed by atoms with van der Waals surface area (Å²) in [5.41, 5.74) is 1.64. The van der Waals surface area contributed by atoms with Crippen LogP contribution in [0.2, 0.25) is 0 Å². The lowest BCUT2D eigenvalue weighted by molar-refractivity contribution is 0.00730. The van der Waals surface area contributed by atoms with Crippen LogP contribution in [0.4, 0.5) is 0 Å². The highest BCUT2D eigenvalue weighted by molar-refractivity contribution is 6.20. The lowest BCUT2D eigenvalue weighted by atomic mass is 9.69. The fourth-order valence-electron chi connectivity index (χ4n) is 3.20. The van der Waals surface area contributed by atoms with Crippen molar-refractivity contribution in [1.29, 1.82) is 0 Å². The van der Waals surface area contributed by atoms with Crippen molar-refractivity contribution in [3.63, 3.8) is 0 Å². The smallest absolute Gasteiger partial charge is 0.0821 e. The molecule has 0 radical (unpaired) electrons. The van der Waals surface area contributed by atoms with Gasteiger partial charge in [-0.05, 0) is 32.3 Å². The molecule has 2 atom stereocenters. The van der Waals surface area contributed by atoms with E-state index in [4.69, 9.17) is 16.3 Å². The van der Waals surface area contributed by atoms with Gasteiger partial charge in [-0.25, -0.2) is 0 Å². The molecule has 1 heterocycles. The molecule has 3 heteroatoms. The number of benzene rings is 1. The maximum absolute atomic E-state index is 6.20. The third-order valence-electron chi connectivity index (χ3n) is 4.67. The van der Waals surface area contributed by atoms with Crippen LogP contribution in [0.5, 0.6) is 0 Å². The molecule has 1 saturated heterocycles. The van der Waals surface area contributed by atoms with E-state index in [1.165, 1.54) is 5.56 Å². The monoisotopic (exact) mass is 281 g/mol. The molecule has 0 bridgehead atoms. The topological polar surface area (TPSA) is 12.5 Å². The highest BCUT2D eigenvalue weighted by Crippen LogP contribution is 2.40. The number of likely N-dealkylation sites (tertiary alicyclic amines) is 1. The second-order valence-electron chi connectivity index (χ2n) is 5.51. The van der Waals surface area contributed by atoms with Crippen molar-refractivity contribution in [2.24, 2.45) is 0 Å². The first-order valence-electron chi connectivity index (χ1n) is 7.06. The molecule has 2 nitrogen and oxygen atoms in total. The van der Waals surface area contributed by atoms with E-state index in [1.807, 2.05) is 7.11 Å². The first kappa shape index (κ1) is 14.8. The van der Waals surface area contributed by atoms with Gasteiger partial charge in [0.15, 0.2) is 0 Å². The fourth-order valence-corrected chi connectivity index (χ4v) is 3.40. The fraction of sp³-hybridized carbons (Fsp3) is 0.625. The molecular formula is C16H24ClNO. The SMILES string of the molecule is COC(C)C1(c2ccccc2)CCN(C(C)Cl)CC1. The van der Waals surface area contributed by atoms with E-state index in [1.54, 1.807) is 0 Å². The van der Waals surface area contributed by atoms with E-state index >= 15 is 0 Å². The number of piperidine rings is 1. The van der Waals surface area contributed by atoms with Gasteiger partial charge < -0.3 is 4.74 Å². The van der Waals surface area contributed by atoms with E-state index in [0.717, 1.165) is 25.9 Å². The van der Waals surface area contributed by atoms with Gasteiger partial charge in [0.05, 0.1) is 11.6 Å². The first-order chi connectivity index (χ1) is 9.10. The Hall–Kier alpha value is -0.570. The molecule has 0 spiro atoms. The molecule has 1 aromatic carbocycles. The Morgan fingerprint density at radius 3 is 2.21 bits per heavy atom. The van der Waals surface area contributed by atoms with Crippen LogP contribution in [0, 0.1) is 0 Å². The molecule has 0 amide bonds. The van der Waals surface area contributed by atoms with Crippen molar-refractivity contribution in [2.75, 3.05) is 20.2 Å². The summed E-state index contributed by atoms with van der Waals surface area (Å²) in [6.07, 6.45) is 2.43. The zero-order valence-corrected chi connectivity index (χ0v) is 12.9. The Bertz CT molecular complexity index is 385. The van der Waals surface area contributed by atoms with Crippen LogP contribution in [0.25, 0.3) is 0 Å². The quantitative estimate of drug-likeness (QED) is 0.617. The van der Waals surface area contributed by atoms with Crippen molar-refractivity contribution in [3.8, 4) is 0 Å². The third kappa shape index (κ3) is 2.96. The molecule has 0 aromatic heterocycles. The summed E-state index contributed by atoms with van der Waals surface area (Å²) in [4.78, 5) is 2.34. The molecule has 19 heavy (non-hydrogen) atoms. The van der Waals surface area contributed by atoms with E-state index in [2.05, 4.69) is 49.1 Å². The van der Waals surface area contributed by atoms with Crippen LogP contribution in [-0.4, -0.2) is 36.7 Å². The largest absolute Gasteiger partial charge is 0.381 e. The van der Waals surface area contributed by atoms with Crippen LogP contribution in [-0.2, 0) is 10.2 Å². The van der Waals surface area contributed by atoms with Gasteiger partial charge in [-0.2, -0.15) is 0 Å². The number of ether oxygens (including phenoxy) is 1. The van der Waals surface area contributed by atoms with Crippen LogP contribution in [0.15, 0.2) is 30.3 Å². The van der Waals surface area contributed by atoms with Gasteiger partial charge in [-0.1, -0.05) is 30.3 Å². The molecule has 0 saturated carbocycles. The predicted molar refractivity (Wildman–Crippen MR) is 80.7 cm³/mol. The second-order valence-corrected chi connectivity index (χ2v) is 6.14. The molecule has 0 N–H and O–H groups in total. The van der Waals surface area contributed by atoms with Crippen molar-refractivity contribution in [1.82, 2.24) is 4.90 Å². The van der Waals surface area contributed by atoms with E-state index in [-0.39, 0.29) is 17.0 Å². The number of methoxy groups -OCH3 is 1. The summed E-state index contributed by atoms with van der Waals surface area (Å²) in [5, 5.41) is 0. The molecule has 1 fully saturated rings. The summed E-state index contributed by atoms with van der Waals surface area (Å²) in [6, 6.07) is 10.8. The minimum absolute atomic E-state index is 0.117. The molecule has 106 valence electrons. The van der Waals surface area contributed by atoms with Gasteiger partial charge in [-0.15, -0.1) is 11.6 Å². The van der Waals surface area contributed by atoms with Gasteiger partial charge in [-0.3, -0.25) is 4.90 Å². The molecule has 2 rings (SSSR count). The number of hydrogen-bond donors (Lipinski definition) is 0. The van der Waals surface area contributed by atoms with Crippen molar-refractivity contribution >= 4 is 11.6 Å². The second kappa shape index (κ2) is 6.25. The van der Waals surface area contributed by atoms with E-state index < -0.39 is 0 Å². The maximum atomic E-state index is 6.20. The van der Waals surface area contributed by atoms with Crippen molar-refractivity contribution < 1.29 is 4.74 Å². The molecule has 1 aliphatic heterocycles. The zero-order valence-electron chi connectivity index (χ0n) is 12.1. The number of hydrogen-bond acceptors (Lipinski definition) is 2. The van der Waals surface area contributed by atoms with Gasteiger partial charge >= 0.3 is 0 Å². The average Bonchev–Trinajstić information content (AvgIpc) is 2.47. The minimum Gasteiger partial charge on any atom is -0.381 e. The third-order valence-corrected chi connectivity index (χ3v) is 4.95. The maximum Gasteiger partial charge on any atom is 0.0821 e. The zero-order chi connectivity index (χ0) is 13.9. The summed E-state index contributed by atoms with van der Waals surface area (Å²) >= 11 is 6.20. The average molecular weight is 282 g/mol. The Morgan fingerprint density at radius 2 is 1.74 bits per heavy atom. The van der Waals surface area contributed by atoms with E-state index in [0.29, 0.717) is 0 Å². The van der Waals surface area contributed by atoms with E-state index in [9.17, 15) is 0 Å². The number of nitrogens with zero attached hydrogens (tertiary/aromatic N) is 1. The molecule has 1 aromatic rings. The molecule has 2 unspecified atom stereocenters.